The van der Waals surface area contributed by atoms with Gasteiger partial charge in [-0.1, -0.05) is 17.3 Å². The molecule has 96 valence electrons. The summed E-state index contributed by atoms with van der Waals surface area (Å²) in [6.07, 6.45) is 0. The van der Waals surface area contributed by atoms with Crippen molar-refractivity contribution in [2.24, 2.45) is 12.8 Å². The Bertz CT molecular complexity index is 512. The number of nitrogens with two attached hydrogens (primary N) is 1. The lowest BCUT2D eigenvalue weighted by Gasteiger charge is -2.16. The molecule has 0 bridgehead atoms. The second-order valence-electron chi connectivity index (χ2n) is 4.35. The minimum atomic E-state index is -0.240. The van der Waals surface area contributed by atoms with Crippen molar-refractivity contribution >= 4 is 21.6 Å². The minimum Gasteiger partial charge on any atom is -0.378 e. The largest absolute Gasteiger partial charge is 0.378 e. The molecule has 1 atom stereocenters. The van der Waals surface area contributed by atoms with E-state index in [9.17, 15) is 0 Å². The first-order valence-corrected chi connectivity index (χ1v) is 6.38. The van der Waals surface area contributed by atoms with Crippen LogP contribution in [0.3, 0.4) is 0 Å². The highest BCUT2D eigenvalue weighted by atomic mass is 79.9. The Balaban J connectivity index is 2.32. The van der Waals surface area contributed by atoms with Crippen molar-refractivity contribution in [2.75, 3.05) is 19.0 Å². The van der Waals surface area contributed by atoms with Gasteiger partial charge in [0.25, 0.3) is 0 Å². The second kappa shape index (κ2) is 5.07. The van der Waals surface area contributed by atoms with Crippen LogP contribution in [-0.4, -0.2) is 29.1 Å². The van der Waals surface area contributed by atoms with Crippen LogP contribution >= 0.6 is 15.9 Å². The summed E-state index contributed by atoms with van der Waals surface area (Å²) in [7, 11) is 5.86. The molecule has 2 N–H and O–H groups in total. The summed E-state index contributed by atoms with van der Waals surface area (Å²) in [5.41, 5.74) is 9.29. The van der Waals surface area contributed by atoms with Crippen molar-refractivity contribution in [1.82, 2.24) is 15.0 Å². The van der Waals surface area contributed by atoms with Crippen LogP contribution in [0.4, 0.5) is 5.69 Å². The van der Waals surface area contributed by atoms with Gasteiger partial charge < -0.3 is 10.6 Å². The van der Waals surface area contributed by atoms with Gasteiger partial charge in [0.05, 0.1) is 11.7 Å². The van der Waals surface area contributed by atoms with Crippen LogP contribution in [0.5, 0.6) is 0 Å². The molecule has 0 saturated carbocycles. The van der Waals surface area contributed by atoms with Gasteiger partial charge in [-0.2, -0.15) is 0 Å². The van der Waals surface area contributed by atoms with Gasteiger partial charge in [0, 0.05) is 26.8 Å². The molecule has 18 heavy (non-hydrogen) atoms. The maximum absolute atomic E-state index is 6.24. The van der Waals surface area contributed by atoms with E-state index >= 15 is 0 Å². The quantitative estimate of drug-likeness (QED) is 0.937. The lowest BCUT2D eigenvalue weighted by atomic mass is 10.0. The fourth-order valence-corrected chi connectivity index (χ4v) is 2.38. The summed E-state index contributed by atoms with van der Waals surface area (Å²) in [5.74, 6) is 0. The summed E-state index contributed by atoms with van der Waals surface area (Å²) in [6, 6.07) is 7.91. The number of benzene rings is 1. The highest BCUT2D eigenvalue weighted by molar-refractivity contribution is 9.10. The first-order valence-electron chi connectivity index (χ1n) is 5.58. The van der Waals surface area contributed by atoms with Gasteiger partial charge in [-0.3, -0.25) is 0 Å². The zero-order chi connectivity index (χ0) is 13.3. The third-order valence-corrected chi connectivity index (χ3v) is 3.45. The van der Waals surface area contributed by atoms with E-state index in [0.29, 0.717) is 4.60 Å². The standard InChI is InChI=1S/C12H16BrN5/c1-17(2)9-6-4-8(5-7-9)10(14)11-12(13)15-16-18(11)3/h4-7,10H,14H2,1-3H3. The predicted molar refractivity (Wildman–Crippen MR) is 75.5 cm³/mol. The van der Waals surface area contributed by atoms with Gasteiger partial charge in [-0.25, -0.2) is 4.68 Å². The number of rotatable bonds is 3. The van der Waals surface area contributed by atoms with E-state index in [1.807, 2.05) is 45.4 Å². The molecule has 0 fully saturated rings. The molecule has 5 nitrogen and oxygen atoms in total. The Hall–Kier alpha value is -1.40. The number of aromatic nitrogens is 3. The van der Waals surface area contributed by atoms with Crippen LogP contribution in [0.2, 0.25) is 0 Å². The van der Waals surface area contributed by atoms with Crippen LogP contribution < -0.4 is 10.6 Å². The van der Waals surface area contributed by atoms with Gasteiger partial charge in [0.15, 0.2) is 4.60 Å². The van der Waals surface area contributed by atoms with Crippen molar-refractivity contribution in [3.8, 4) is 0 Å². The molecule has 0 spiro atoms. The molecule has 1 unspecified atom stereocenters. The number of anilines is 1. The predicted octanol–water partition coefficient (Wildman–Crippen LogP) is 1.69. The first kappa shape index (κ1) is 13.0. The summed E-state index contributed by atoms with van der Waals surface area (Å²) < 4.78 is 2.38. The van der Waals surface area contributed by atoms with Gasteiger partial charge in [-0.05, 0) is 33.6 Å². The highest BCUT2D eigenvalue weighted by Gasteiger charge is 2.18. The molecular formula is C12H16BrN5. The molecule has 0 saturated heterocycles. The normalized spacial score (nSPS) is 12.5. The molecule has 0 radical (unpaired) electrons. The lowest BCUT2D eigenvalue weighted by Crippen LogP contribution is -2.17. The molecule has 2 aromatic rings. The minimum absolute atomic E-state index is 0.240. The van der Waals surface area contributed by atoms with Crippen LogP contribution in [0.1, 0.15) is 17.3 Å². The molecule has 1 aromatic heterocycles. The smallest absolute Gasteiger partial charge is 0.153 e. The summed E-state index contributed by atoms with van der Waals surface area (Å²) in [4.78, 5) is 2.05. The van der Waals surface area contributed by atoms with E-state index < -0.39 is 0 Å². The highest BCUT2D eigenvalue weighted by Crippen LogP contribution is 2.25. The molecule has 0 aliphatic heterocycles. The summed E-state index contributed by atoms with van der Waals surface area (Å²) in [5, 5.41) is 7.89. The number of halogens is 1. The average Bonchev–Trinajstić information content (AvgIpc) is 2.68. The van der Waals surface area contributed by atoms with E-state index in [1.165, 1.54) is 0 Å². The monoisotopic (exact) mass is 309 g/mol. The van der Waals surface area contributed by atoms with Crippen LogP contribution in [0.15, 0.2) is 28.9 Å². The number of aryl methyl sites for hydroxylation is 1. The average molecular weight is 310 g/mol. The number of hydrogen-bond acceptors (Lipinski definition) is 4. The van der Waals surface area contributed by atoms with E-state index in [0.717, 1.165) is 16.9 Å². The first-order chi connectivity index (χ1) is 8.50. The second-order valence-corrected chi connectivity index (χ2v) is 5.10. The number of nitrogens with zero attached hydrogens (tertiary/aromatic N) is 4. The zero-order valence-corrected chi connectivity index (χ0v) is 12.2. The topological polar surface area (TPSA) is 60.0 Å². The van der Waals surface area contributed by atoms with Crippen molar-refractivity contribution in [3.63, 3.8) is 0 Å². The molecule has 2 rings (SSSR count). The Morgan fingerprint density at radius 3 is 2.33 bits per heavy atom. The molecule has 6 heteroatoms. The number of hydrogen-bond donors (Lipinski definition) is 1. The Kier molecular flexibility index (Phi) is 3.68. The molecule has 0 amide bonds. The third-order valence-electron chi connectivity index (χ3n) is 2.89. The van der Waals surface area contributed by atoms with E-state index in [1.54, 1.807) is 4.68 Å². The van der Waals surface area contributed by atoms with Gasteiger partial charge in [-0.15, -0.1) is 5.10 Å². The van der Waals surface area contributed by atoms with Gasteiger partial charge in [0.2, 0.25) is 0 Å². The van der Waals surface area contributed by atoms with E-state index in [2.05, 4.69) is 31.1 Å². The molecule has 0 aliphatic carbocycles. The Labute approximate surface area is 115 Å². The van der Waals surface area contributed by atoms with Gasteiger partial charge >= 0.3 is 0 Å². The van der Waals surface area contributed by atoms with Crippen molar-refractivity contribution in [3.05, 3.63) is 40.1 Å². The molecule has 1 aromatic carbocycles. The summed E-state index contributed by atoms with van der Waals surface area (Å²) >= 11 is 3.37. The van der Waals surface area contributed by atoms with Crippen molar-refractivity contribution in [1.29, 1.82) is 0 Å². The molecule has 1 heterocycles. The van der Waals surface area contributed by atoms with Gasteiger partial charge in [0.1, 0.15) is 0 Å². The fraction of sp³-hybridized carbons (Fsp3) is 0.333. The Morgan fingerprint density at radius 2 is 1.89 bits per heavy atom. The molecule has 0 aliphatic rings. The summed E-state index contributed by atoms with van der Waals surface area (Å²) in [6.45, 7) is 0. The maximum Gasteiger partial charge on any atom is 0.153 e. The van der Waals surface area contributed by atoms with Crippen LogP contribution in [0.25, 0.3) is 0 Å². The van der Waals surface area contributed by atoms with Crippen LogP contribution in [0, 0.1) is 0 Å². The van der Waals surface area contributed by atoms with E-state index in [-0.39, 0.29) is 6.04 Å². The SMILES string of the molecule is CN(C)c1ccc(C(N)c2c(Br)nnn2C)cc1. The lowest BCUT2D eigenvalue weighted by molar-refractivity contribution is 0.651. The zero-order valence-electron chi connectivity index (χ0n) is 10.6. The van der Waals surface area contributed by atoms with Crippen molar-refractivity contribution < 1.29 is 0 Å². The van der Waals surface area contributed by atoms with Crippen molar-refractivity contribution in [2.45, 2.75) is 6.04 Å². The third kappa shape index (κ3) is 2.39. The fourth-order valence-electron chi connectivity index (χ4n) is 1.81. The van der Waals surface area contributed by atoms with E-state index in [4.69, 9.17) is 5.73 Å². The maximum atomic E-state index is 6.24. The Morgan fingerprint density at radius 1 is 1.28 bits per heavy atom. The molecular weight excluding hydrogens is 294 g/mol. The van der Waals surface area contributed by atoms with Crippen LogP contribution in [-0.2, 0) is 7.05 Å².